The van der Waals surface area contributed by atoms with Crippen molar-refractivity contribution in [3.8, 4) is 17.5 Å². The highest BCUT2D eigenvalue weighted by atomic mass is 16.5. The SMILES string of the molecule is Cc1cnccc1-c1noc(C2C(C#N)C2(C)C)n1. The number of hydrogen-bond donors (Lipinski definition) is 0. The van der Waals surface area contributed by atoms with Crippen LogP contribution in [0.15, 0.2) is 23.0 Å². The first-order valence-corrected chi connectivity index (χ1v) is 6.20. The molecule has 2 heterocycles. The predicted molar refractivity (Wildman–Crippen MR) is 67.9 cm³/mol. The molecule has 19 heavy (non-hydrogen) atoms. The molecule has 5 nitrogen and oxygen atoms in total. The van der Waals surface area contributed by atoms with Crippen LogP contribution in [0.3, 0.4) is 0 Å². The maximum atomic E-state index is 9.09. The van der Waals surface area contributed by atoms with Crippen molar-refractivity contribution < 1.29 is 4.52 Å². The fourth-order valence-corrected chi connectivity index (χ4v) is 2.53. The van der Waals surface area contributed by atoms with Crippen LogP contribution in [0.2, 0.25) is 0 Å². The number of pyridine rings is 1. The number of rotatable bonds is 2. The fraction of sp³-hybridized carbons (Fsp3) is 0.429. The monoisotopic (exact) mass is 254 g/mol. The largest absolute Gasteiger partial charge is 0.339 e. The molecular formula is C14H14N4O. The van der Waals surface area contributed by atoms with Gasteiger partial charge in [0, 0.05) is 18.0 Å². The van der Waals surface area contributed by atoms with E-state index in [1.54, 1.807) is 12.4 Å². The molecule has 1 aliphatic rings. The molecule has 96 valence electrons. The zero-order valence-corrected chi connectivity index (χ0v) is 11.1. The van der Waals surface area contributed by atoms with Crippen LogP contribution in [-0.2, 0) is 0 Å². The zero-order chi connectivity index (χ0) is 13.6. The molecule has 5 heteroatoms. The Balaban J connectivity index is 1.94. The summed E-state index contributed by atoms with van der Waals surface area (Å²) in [6.45, 7) is 6.05. The maximum Gasteiger partial charge on any atom is 0.232 e. The molecule has 2 atom stereocenters. The number of nitrogens with zero attached hydrogens (tertiary/aromatic N) is 4. The summed E-state index contributed by atoms with van der Waals surface area (Å²) < 4.78 is 5.33. The van der Waals surface area contributed by atoms with Crippen molar-refractivity contribution >= 4 is 0 Å². The highest BCUT2D eigenvalue weighted by Gasteiger charge is 2.62. The van der Waals surface area contributed by atoms with Gasteiger partial charge in [-0.25, -0.2) is 0 Å². The summed E-state index contributed by atoms with van der Waals surface area (Å²) in [5.74, 6) is 1.12. The molecule has 0 aliphatic heterocycles. The molecule has 2 aromatic rings. The van der Waals surface area contributed by atoms with Gasteiger partial charge in [-0.1, -0.05) is 19.0 Å². The van der Waals surface area contributed by atoms with Gasteiger partial charge in [-0.05, 0) is 24.0 Å². The second kappa shape index (κ2) is 3.89. The van der Waals surface area contributed by atoms with Gasteiger partial charge >= 0.3 is 0 Å². The quantitative estimate of drug-likeness (QED) is 0.823. The van der Waals surface area contributed by atoms with Crippen LogP contribution in [0.1, 0.15) is 31.2 Å². The predicted octanol–water partition coefficient (Wildman–Crippen LogP) is 2.70. The molecule has 1 saturated carbocycles. The summed E-state index contributed by atoms with van der Waals surface area (Å²) in [7, 11) is 0. The van der Waals surface area contributed by atoms with E-state index >= 15 is 0 Å². The minimum atomic E-state index is -0.0775. The molecule has 1 aliphatic carbocycles. The van der Waals surface area contributed by atoms with Crippen molar-refractivity contribution in [1.29, 1.82) is 5.26 Å². The third-order valence-corrected chi connectivity index (χ3v) is 3.94. The number of aromatic nitrogens is 3. The summed E-state index contributed by atoms with van der Waals surface area (Å²) in [5.41, 5.74) is 1.84. The van der Waals surface area contributed by atoms with Crippen LogP contribution in [0.4, 0.5) is 0 Å². The number of nitriles is 1. The highest BCUT2D eigenvalue weighted by molar-refractivity contribution is 5.58. The Bertz CT molecular complexity index is 668. The molecule has 0 spiro atoms. The smallest absolute Gasteiger partial charge is 0.232 e. The van der Waals surface area contributed by atoms with E-state index in [2.05, 4.69) is 21.2 Å². The summed E-state index contributed by atoms with van der Waals surface area (Å²) in [6.07, 6.45) is 3.47. The van der Waals surface area contributed by atoms with Gasteiger partial charge in [0.05, 0.1) is 17.9 Å². The molecule has 2 aromatic heterocycles. The van der Waals surface area contributed by atoms with Crippen LogP contribution >= 0.6 is 0 Å². The van der Waals surface area contributed by atoms with Crippen molar-refractivity contribution in [3.05, 3.63) is 29.9 Å². The van der Waals surface area contributed by atoms with E-state index in [1.165, 1.54) is 0 Å². The second-order valence-corrected chi connectivity index (χ2v) is 5.55. The first kappa shape index (κ1) is 11.8. The summed E-state index contributed by atoms with van der Waals surface area (Å²) in [5, 5.41) is 13.1. The average molecular weight is 254 g/mol. The van der Waals surface area contributed by atoms with Crippen molar-refractivity contribution in [2.75, 3.05) is 0 Å². The van der Waals surface area contributed by atoms with Gasteiger partial charge < -0.3 is 4.52 Å². The molecule has 0 radical (unpaired) electrons. The Morgan fingerprint density at radius 2 is 2.21 bits per heavy atom. The van der Waals surface area contributed by atoms with Crippen molar-refractivity contribution in [1.82, 2.24) is 15.1 Å². The fourth-order valence-electron chi connectivity index (χ4n) is 2.53. The lowest BCUT2D eigenvalue weighted by Gasteiger charge is -1.97. The van der Waals surface area contributed by atoms with Crippen LogP contribution in [-0.4, -0.2) is 15.1 Å². The Hall–Kier alpha value is -2.22. The van der Waals surface area contributed by atoms with Gasteiger partial charge in [-0.15, -0.1) is 0 Å². The van der Waals surface area contributed by atoms with Crippen molar-refractivity contribution in [2.45, 2.75) is 26.7 Å². The van der Waals surface area contributed by atoms with E-state index in [1.807, 2.05) is 26.8 Å². The lowest BCUT2D eigenvalue weighted by molar-refractivity contribution is 0.368. The van der Waals surface area contributed by atoms with E-state index in [-0.39, 0.29) is 17.3 Å². The summed E-state index contributed by atoms with van der Waals surface area (Å²) in [4.78, 5) is 8.48. The molecule has 0 N–H and O–H groups in total. The minimum Gasteiger partial charge on any atom is -0.339 e. The topological polar surface area (TPSA) is 75.6 Å². The van der Waals surface area contributed by atoms with E-state index in [0.717, 1.165) is 11.1 Å². The standard InChI is InChI=1S/C14H14N4O/c1-8-7-16-5-4-9(8)12-17-13(19-18-12)11-10(6-15)14(11,2)3/h4-5,7,10-11H,1-3H3. The van der Waals surface area contributed by atoms with E-state index in [0.29, 0.717) is 11.7 Å². The molecular weight excluding hydrogens is 240 g/mol. The summed E-state index contributed by atoms with van der Waals surface area (Å²) in [6, 6.07) is 4.17. The van der Waals surface area contributed by atoms with Crippen molar-refractivity contribution in [2.24, 2.45) is 11.3 Å². The van der Waals surface area contributed by atoms with Crippen LogP contribution in [0.5, 0.6) is 0 Å². The van der Waals surface area contributed by atoms with Gasteiger partial charge in [-0.3, -0.25) is 4.98 Å². The molecule has 0 amide bonds. The van der Waals surface area contributed by atoms with Crippen LogP contribution in [0, 0.1) is 29.6 Å². The Labute approximate surface area is 111 Å². The van der Waals surface area contributed by atoms with E-state index in [4.69, 9.17) is 9.78 Å². The number of aryl methyl sites for hydroxylation is 1. The molecule has 3 rings (SSSR count). The third kappa shape index (κ3) is 1.72. The average Bonchev–Trinajstić information content (AvgIpc) is 2.75. The van der Waals surface area contributed by atoms with E-state index < -0.39 is 0 Å². The zero-order valence-electron chi connectivity index (χ0n) is 11.1. The summed E-state index contributed by atoms with van der Waals surface area (Å²) >= 11 is 0. The van der Waals surface area contributed by atoms with Gasteiger partial charge in [0.15, 0.2) is 0 Å². The van der Waals surface area contributed by atoms with Crippen LogP contribution < -0.4 is 0 Å². The second-order valence-electron chi connectivity index (χ2n) is 5.55. The van der Waals surface area contributed by atoms with Crippen LogP contribution in [0.25, 0.3) is 11.4 Å². The normalized spacial score (nSPS) is 23.9. The Kier molecular flexibility index (Phi) is 2.42. The Morgan fingerprint density at radius 3 is 2.84 bits per heavy atom. The van der Waals surface area contributed by atoms with E-state index in [9.17, 15) is 0 Å². The van der Waals surface area contributed by atoms with Gasteiger partial charge in [-0.2, -0.15) is 10.2 Å². The van der Waals surface area contributed by atoms with Crippen molar-refractivity contribution in [3.63, 3.8) is 0 Å². The molecule has 1 fully saturated rings. The lowest BCUT2D eigenvalue weighted by atomic mass is 10.1. The lowest BCUT2D eigenvalue weighted by Crippen LogP contribution is -1.91. The maximum absolute atomic E-state index is 9.09. The van der Waals surface area contributed by atoms with Gasteiger partial charge in [0.2, 0.25) is 11.7 Å². The Morgan fingerprint density at radius 1 is 1.42 bits per heavy atom. The first-order valence-electron chi connectivity index (χ1n) is 6.20. The third-order valence-electron chi connectivity index (χ3n) is 3.94. The number of hydrogen-bond acceptors (Lipinski definition) is 5. The molecule has 2 unspecified atom stereocenters. The molecule has 0 bridgehead atoms. The highest BCUT2D eigenvalue weighted by Crippen LogP contribution is 2.63. The molecule has 0 aromatic carbocycles. The minimum absolute atomic E-state index is 0.0423. The first-order chi connectivity index (χ1) is 9.05. The molecule has 0 saturated heterocycles. The van der Waals surface area contributed by atoms with Gasteiger partial charge in [0.25, 0.3) is 0 Å². The van der Waals surface area contributed by atoms with Gasteiger partial charge in [0.1, 0.15) is 0 Å².